The Kier molecular flexibility index (Phi) is 5.19. The number of rotatable bonds is 5. The highest BCUT2D eigenvalue weighted by molar-refractivity contribution is 7.99. The lowest BCUT2D eigenvalue weighted by Crippen LogP contribution is -2.30. The normalized spacial score (nSPS) is 12.3. The van der Waals surface area contributed by atoms with Crippen molar-refractivity contribution in [1.29, 1.82) is 0 Å². The predicted molar refractivity (Wildman–Crippen MR) is 80.8 cm³/mol. The van der Waals surface area contributed by atoms with Crippen molar-refractivity contribution >= 4 is 29.2 Å². The SMILES string of the molecule is NNC(CSc1ccccc1F)c1cc(Cl)cnc1N. The summed E-state index contributed by atoms with van der Waals surface area (Å²) in [5.74, 6) is 6.14. The van der Waals surface area contributed by atoms with Gasteiger partial charge in [0.1, 0.15) is 11.6 Å². The Labute approximate surface area is 125 Å². The van der Waals surface area contributed by atoms with Crippen LogP contribution in [0.3, 0.4) is 0 Å². The zero-order valence-electron chi connectivity index (χ0n) is 10.5. The molecule has 20 heavy (non-hydrogen) atoms. The Balaban J connectivity index is 2.13. The molecule has 0 amide bonds. The molecule has 0 saturated carbocycles. The number of benzene rings is 1. The van der Waals surface area contributed by atoms with Gasteiger partial charge in [-0.15, -0.1) is 11.8 Å². The molecule has 0 radical (unpaired) electrons. The molecule has 2 rings (SSSR count). The van der Waals surface area contributed by atoms with Crippen molar-refractivity contribution < 1.29 is 4.39 Å². The first-order chi connectivity index (χ1) is 9.61. The van der Waals surface area contributed by atoms with Crippen molar-refractivity contribution in [3.8, 4) is 0 Å². The van der Waals surface area contributed by atoms with E-state index in [1.165, 1.54) is 24.0 Å². The highest BCUT2D eigenvalue weighted by Crippen LogP contribution is 2.29. The number of thioether (sulfide) groups is 1. The Morgan fingerprint density at radius 1 is 1.40 bits per heavy atom. The van der Waals surface area contributed by atoms with E-state index >= 15 is 0 Å². The largest absolute Gasteiger partial charge is 0.383 e. The fraction of sp³-hybridized carbons (Fsp3) is 0.154. The third-order valence-electron chi connectivity index (χ3n) is 2.73. The van der Waals surface area contributed by atoms with Gasteiger partial charge in [0.05, 0.1) is 11.1 Å². The number of anilines is 1. The van der Waals surface area contributed by atoms with Gasteiger partial charge in [0, 0.05) is 22.4 Å². The number of pyridine rings is 1. The van der Waals surface area contributed by atoms with Gasteiger partial charge >= 0.3 is 0 Å². The second kappa shape index (κ2) is 6.90. The minimum absolute atomic E-state index is 0.259. The Hall–Kier alpha value is -1.34. The third kappa shape index (κ3) is 3.61. The molecule has 1 unspecified atom stereocenters. The quantitative estimate of drug-likeness (QED) is 0.449. The average molecular weight is 313 g/mol. The van der Waals surface area contributed by atoms with E-state index in [9.17, 15) is 4.39 Å². The summed E-state index contributed by atoms with van der Waals surface area (Å²) in [6.45, 7) is 0. The van der Waals surface area contributed by atoms with Crippen LogP contribution in [0.4, 0.5) is 10.2 Å². The Morgan fingerprint density at radius 2 is 2.15 bits per heavy atom. The van der Waals surface area contributed by atoms with Crippen LogP contribution >= 0.6 is 23.4 Å². The smallest absolute Gasteiger partial charge is 0.136 e. The molecule has 5 N–H and O–H groups in total. The summed E-state index contributed by atoms with van der Waals surface area (Å²) in [6.07, 6.45) is 1.47. The van der Waals surface area contributed by atoms with Crippen LogP contribution in [0.1, 0.15) is 11.6 Å². The van der Waals surface area contributed by atoms with Crippen LogP contribution in [-0.4, -0.2) is 10.7 Å². The maximum atomic E-state index is 13.6. The maximum absolute atomic E-state index is 13.6. The van der Waals surface area contributed by atoms with Crippen molar-refractivity contribution in [3.05, 3.63) is 52.9 Å². The van der Waals surface area contributed by atoms with Crippen LogP contribution in [0.25, 0.3) is 0 Å². The number of hydrogen-bond donors (Lipinski definition) is 3. The van der Waals surface area contributed by atoms with Gasteiger partial charge in [-0.1, -0.05) is 23.7 Å². The molecule has 0 fully saturated rings. The van der Waals surface area contributed by atoms with E-state index in [0.717, 1.165) is 0 Å². The molecular weight excluding hydrogens is 299 g/mol. The van der Waals surface area contributed by atoms with Gasteiger partial charge in [-0.05, 0) is 18.2 Å². The molecule has 4 nitrogen and oxygen atoms in total. The number of nitrogen functional groups attached to an aromatic ring is 1. The van der Waals surface area contributed by atoms with Crippen LogP contribution in [0.5, 0.6) is 0 Å². The predicted octanol–water partition coefficient (Wildman–Crippen LogP) is 2.75. The summed E-state index contributed by atoms with van der Waals surface area (Å²) in [5.41, 5.74) is 9.17. The Morgan fingerprint density at radius 3 is 2.85 bits per heavy atom. The van der Waals surface area contributed by atoms with Crippen LogP contribution in [-0.2, 0) is 0 Å². The van der Waals surface area contributed by atoms with Crippen LogP contribution in [0.15, 0.2) is 41.4 Å². The highest BCUT2D eigenvalue weighted by Gasteiger charge is 2.15. The summed E-state index contributed by atoms with van der Waals surface area (Å²) >= 11 is 7.25. The van der Waals surface area contributed by atoms with Gasteiger partial charge in [-0.3, -0.25) is 11.3 Å². The molecule has 1 heterocycles. The summed E-state index contributed by atoms with van der Waals surface area (Å²) in [6, 6.07) is 8.00. The number of halogens is 2. The maximum Gasteiger partial charge on any atom is 0.136 e. The lowest BCUT2D eigenvalue weighted by molar-refractivity contribution is 0.596. The zero-order chi connectivity index (χ0) is 14.5. The lowest BCUT2D eigenvalue weighted by atomic mass is 10.1. The van der Waals surface area contributed by atoms with Crippen molar-refractivity contribution in [2.24, 2.45) is 5.84 Å². The number of hydrazine groups is 1. The molecule has 0 aliphatic heterocycles. The molecule has 0 aliphatic carbocycles. The van der Waals surface area contributed by atoms with Gasteiger partial charge in [0.15, 0.2) is 0 Å². The van der Waals surface area contributed by atoms with Crippen molar-refractivity contribution in [1.82, 2.24) is 10.4 Å². The van der Waals surface area contributed by atoms with Gasteiger partial charge < -0.3 is 5.73 Å². The highest BCUT2D eigenvalue weighted by atomic mass is 35.5. The van der Waals surface area contributed by atoms with E-state index < -0.39 is 0 Å². The number of nitrogens with two attached hydrogens (primary N) is 2. The summed E-state index contributed by atoms with van der Waals surface area (Å²) in [7, 11) is 0. The van der Waals surface area contributed by atoms with E-state index in [-0.39, 0.29) is 11.9 Å². The van der Waals surface area contributed by atoms with E-state index in [0.29, 0.717) is 27.1 Å². The van der Waals surface area contributed by atoms with Crippen LogP contribution in [0, 0.1) is 5.82 Å². The van der Waals surface area contributed by atoms with E-state index in [4.69, 9.17) is 23.2 Å². The van der Waals surface area contributed by atoms with Crippen molar-refractivity contribution in [2.75, 3.05) is 11.5 Å². The third-order valence-corrected chi connectivity index (χ3v) is 4.08. The molecule has 1 aromatic heterocycles. The molecule has 2 aromatic rings. The topological polar surface area (TPSA) is 77.0 Å². The average Bonchev–Trinajstić information content (AvgIpc) is 2.45. The van der Waals surface area contributed by atoms with E-state index in [1.54, 1.807) is 24.3 Å². The first-order valence-electron chi connectivity index (χ1n) is 5.86. The lowest BCUT2D eigenvalue weighted by Gasteiger charge is -2.17. The fourth-order valence-electron chi connectivity index (χ4n) is 1.71. The molecule has 0 bridgehead atoms. The molecule has 1 atom stereocenters. The monoisotopic (exact) mass is 312 g/mol. The first-order valence-corrected chi connectivity index (χ1v) is 7.22. The van der Waals surface area contributed by atoms with Gasteiger partial charge in [0.25, 0.3) is 0 Å². The minimum atomic E-state index is -0.272. The molecule has 7 heteroatoms. The number of hydrogen-bond acceptors (Lipinski definition) is 5. The van der Waals surface area contributed by atoms with Gasteiger partial charge in [-0.25, -0.2) is 9.37 Å². The van der Waals surface area contributed by atoms with E-state index in [2.05, 4.69) is 10.4 Å². The van der Waals surface area contributed by atoms with E-state index in [1.807, 2.05) is 0 Å². The molecule has 106 valence electrons. The van der Waals surface area contributed by atoms with Crippen LogP contribution < -0.4 is 17.0 Å². The van der Waals surface area contributed by atoms with Crippen LogP contribution in [0.2, 0.25) is 5.02 Å². The van der Waals surface area contributed by atoms with Crippen molar-refractivity contribution in [2.45, 2.75) is 10.9 Å². The zero-order valence-corrected chi connectivity index (χ0v) is 12.1. The molecule has 0 spiro atoms. The standard InChI is InChI=1S/C13H14ClFN4S/c14-8-5-9(13(16)18-6-8)11(19-17)7-20-12-4-2-1-3-10(12)15/h1-6,11,19H,7,17H2,(H2,16,18). The molecule has 1 aromatic carbocycles. The first kappa shape index (κ1) is 15.1. The Bertz CT molecular complexity index is 596. The molecule has 0 saturated heterocycles. The minimum Gasteiger partial charge on any atom is -0.383 e. The molecule has 0 aliphatic rings. The summed E-state index contributed by atoms with van der Waals surface area (Å²) in [4.78, 5) is 4.54. The van der Waals surface area contributed by atoms with Gasteiger partial charge in [-0.2, -0.15) is 0 Å². The summed E-state index contributed by atoms with van der Waals surface area (Å²) in [5, 5.41) is 0.477. The fourth-order valence-corrected chi connectivity index (χ4v) is 2.88. The number of nitrogens with zero attached hydrogens (tertiary/aromatic N) is 1. The molecular formula is C13H14ClFN4S. The second-order valence-electron chi connectivity index (χ2n) is 4.09. The van der Waals surface area contributed by atoms with Gasteiger partial charge in [0.2, 0.25) is 0 Å². The second-order valence-corrected chi connectivity index (χ2v) is 5.59. The van der Waals surface area contributed by atoms with Crippen molar-refractivity contribution in [3.63, 3.8) is 0 Å². The number of aromatic nitrogens is 1. The summed E-state index contributed by atoms with van der Waals surface area (Å²) < 4.78 is 13.6. The number of nitrogens with one attached hydrogen (secondary N) is 1.